The van der Waals surface area contributed by atoms with Gasteiger partial charge in [-0.3, -0.25) is 9.58 Å². The van der Waals surface area contributed by atoms with E-state index in [1.165, 1.54) is 16.8 Å². The van der Waals surface area contributed by atoms with E-state index in [0.29, 0.717) is 12.0 Å². The highest BCUT2D eigenvalue weighted by Gasteiger charge is 2.23. The van der Waals surface area contributed by atoms with Gasteiger partial charge in [-0.05, 0) is 31.4 Å². The fourth-order valence-corrected chi connectivity index (χ4v) is 3.14. The van der Waals surface area contributed by atoms with E-state index in [1.54, 1.807) is 0 Å². The molecule has 0 fully saturated rings. The summed E-state index contributed by atoms with van der Waals surface area (Å²) >= 11 is 0. The molecular formula is C18H25N3. The number of hydrogen-bond acceptors (Lipinski definition) is 2. The number of hydrogen-bond donors (Lipinski definition) is 0. The Morgan fingerprint density at radius 2 is 2.00 bits per heavy atom. The van der Waals surface area contributed by atoms with Crippen molar-refractivity contribution in [3.63, 3.8) is 0 Å². The predicted molar refractivity (Wildman–Crippen MR) is 86.5 cm³/mol. The van der Waals surface area contributed by atoms with Crippen LogP contribution in [0.1, 0.15) is 49.6 Å². The maximum absolute atomic E-state index is 4.82. The highest BCUT2D eigenvalue weighted by atomic mass is 15.3. The summed E-state index contributed by atoms with van der Waals surface area (Å²) in [6.45, 7) is 9.95. The Hall–Kier alpha value is -1.61. The molecular weight excluding hydrogens is 258 g/mol. The highest BCUT2D eigenvalue weighted by molar-refractivity contribution is 5.24. The zero-order valence-corrected chi connectivity index (χ0v) is 13.3. The monoisotopic (exact) mass is 283 g/mol. The first kappa shape index (κ1) is 14.3. The van der Waals surface area contributed by atoms with E-state index in [2.05, 4.69) is 66.9 Å². The van der Waals surface area contributed by atoms with Crippen LogP contribution in [-0.2, 0) is 13.0 Å². The minimum atomic E-state index is 0.449. The van der Waals surface area contributed by atoms with Crippen LogP contribution in [0.5, 0.6) is 0 Å². The van der Waals surface area contributed by atoms with Crippen LogP contribution in [0.2, 0.25) is 0 Å². The Morgan fingerprint density at radius 3 is 2.71 bits per heavy atom. The van der Waals surface area contributed by atoms with Crippen LogP contribution in [0.15, 0.2) is 36.5 Å². The van der Waals surface area contributed by atoms with Gasteiger partial charge in [0.05, 0.1) is 5.69 Å². The van der Waals surface area contributed by atoms with Crippen LogP contribution in [0, 0.1) is 0 Å². The van der Waals surface area contributed by atoms with Gasteiger partial charge in [0.1, 0.15) is 0 Å². The fourth-order valence-electron chi connectivity index (χ4n) is 3.14. The molecule has 2 aromatic rings. The molecule has 1 aromatic heterocycles. The molecule has 0 aliphatic carbocycles. The third-order valence-corrected chi connectivity index (χ3v) is 4.31. The van der Waals surface area contributed by atoms with E-state index in [1.807, 2.05) is 0 Å². The van der Waals surface area contributed by atoms with E-state index in [4.69, 9.17) is 5.10 Å². The average Bonchev–Trinajstić information content (AvgIpc) is 2.85. The van der Waals surface area contributed by atoms with E-state index < -0.39 is 0 Å². The van der Waals surface area contributed by atoms with Crippen LogP contribution >= 0.6 is 0 Å². The van der Waals surface area contributed by atoms with Crippen molar-refractivity contribution in [3.05, 3.63) is 53.3 Å². The van der Waals surface area contributed by atoms with Crippen LogP contribution in [0.25, 0.3) is 0 Å². The van der Waals surface area contributed by atoms with Gasteiger partial charge in [-0.1, -0.05) is 37.3 Å². The van der Waals surface area contributed by atoms with E-state index in [0.717, 1.165) is 26.1 Å². The van der Waals surface area contributed by atoms with E-state index in [9.17, 15) is 0 Å². The molecule has 0 amide bonds. The third-order valence-electron chi connectivity index (χ3n) is 4.31. The van der Waals surface area contributed by atoms with Gasteiger partial charge in [0, 0.05) is 37.8 Å². The minimum Gasteiger partial charge on any atom is -0.298 e. The van der Waals surface area contributed by atoms with Crippen LogP contribution in [0.3, 0.4) is 0 Å². The Labute approximate surface area is 127 Å². The molecule has 3 heteroatoms. The smallest absolute Gasteiger partial charge is 0.0698 e. The summed E-state index contributed by atoms with van der Waals surface area (Å²) in [5.74, 6) is 0.506. The number of rotatable bonds is 3. The van der Waals surface area contributed by atoms with Crippen LogP contribution < -0.4 is 0 Å². The normalized spacial score (nSPS) is 19.5. The lowest BCUT2D eigenvalue weighted by molar-refractivity contribution is 0.262. The number of benzene rings is 1. The van der Waals surface area contributed by atoms with Crippen molar-refractivity contribution in [2.75, 3.05) is 13.1 Å². The van der Waals surface area contributed by atoms with Crippen LogP contribution in [0.4, 0.5) is 0 Å². The zero-order valence-electron chi connectivity index (χ0n) is 13.3. The molecule has 0 spiro atoms. The summed E-state index contributed by atoms with van der Waals surface area (Å²) < 4.78 is 2.12. The molecule has 21 heavy (non-hydrogen) atoms. The van der Waals surface area contributed by atoms with Crippen molar-refractivity contribution in [1.29, 1.82) is 0 Å². The largest absolute Gasteiger partial charge is 0.298 e. The van der Waals surface area contributed by atoms with Gasteiger partial charge in [0.2, 0.25) is 0 Å². The molecule has 1 atom stereocenters. The highest BCUT2D eigenvalue weighted by Crippen LogP contribution is 2.25. The Bertz CT molecular complexity index is 586. The molecule has 1 unspecified atom stereocenters. The molecule has 0 radical (unpaired) electrons. The summed E-state index contributed by atoms with van der Waals surface area (Å²) in [7, 11) is 0. The van der Waals surface area contributed by atoms with Crippen molar-refractivity contribution in [1.82, 2.24) is 14.7 Å². The number of aromatic nitrogens is 2. The quantitative estimate of drug-likeness (QED) is 0.857. The summed E-state index contributed by atoms with van der Waals surface area (Å²) in [6, 6.07) is 11.2. The molecule has 1 aromatic carbocycles. The summed E-state index contributed by atoms with van der Waals surface area (Å²) in [5, 5.41) is 4.82. The van der Waals surface area contributed by atoms with Crippen molar-refractivity contribution in [2.45, 2.75) is 45.7 Å². The minimum absolute atomic E-state index is 0.449. The van der Waals surface area contributed by atoms with Gasteiger partial charge >= 0.3 is 0 Å². The van der Waals surface area contributed by atoms with E-state index in [-0.39, 0.29) is 0 Å². The Kier molecular flexibility index (Phi) is 4.11. The lowest BCUT2D eigenvalue weighted by Gasteiger charge is -2.22. The molecule has 1 aliphatic heterocycles. The third kappa shape index (κ3) is 3.18. The average molecular weight is 283 g/mol. The van der Waals surface area contributed by atoms with Crippen molar-refractivity contribution in [2.24, 2.45) is 0 Å². The Balaban J connectivity index is 1.73. The molecule has 112 valence electrons. The van der Waals surface area contributed by atoms with Crippen molar-refractivity contribution >= 4 is 0 Å². The SMILES string of the molecule is CC1CN(Cc2ccccc2)CCc2cn(C(C)C)nc21. The molecule has 0 saturated heterocycles. The van der Waals surface area contributed by atoms with Crippen molar-refractivity contribution in [3.8, 4) is 0 Å². The topological polar surface area (TPSA) is 21.1 Å². The molecule has 1 aliphatic rings. The van der Waals surface area contributed by atoms with Crippen LogP contribution in [-0.4, -0.2) is 27.8 Å². The maximum Gasteiger partial charge on any atom is 0.0698 e. The number of nitrogens with zero attached hydrogens (tertiary/aromatic N) is 3. The summed E-state index contributed by atoms with van der Waals surface area (Å²) in [4.78, 5) is 2.56. The van der Waals surface area contributed by atoms with E-state index >= 15 is 0 Å². The molecule has 3 rings (SSSR count). The van der Waals surface area contributed by atoms with Gasteiger partial charge in [-0.2, -0.15) is 5.10 Å². The molecule has 3 nitrogen and oxygen atoms in total. The maximum atomic E-state index is 4.82. The molecule has 0 bridgehead atoms. The van der Waals surface area contributed by atoms with Gasteiger partial charge < -0.3 is 0 Å². The molecule has 2 heterocycles. The first-order chi connectivity index (χ1) is 10.1. The van der Waals surface area contributed by atoms with Gasteiger partial charge in [-0.25, -0.2) is 0 Å². The Morgan fingerprint density at radius 1 is 1.24 bits per heavy atom. The van der Waals surface area contributed by atoms with Gasteiger partial charge in [-0.15, -0.1) is 0 Å². The first-order valence-electron chi connectivity index (χ1n) is 7.97. The predicted octanol–water partition coefficient (Wildman–Crippen LogP) is 3.63. The first-order valence-corrected chi connectivity index (χ1v) is 7.97. The zero-order chi connectivity index (χ0) is 14.8. The second kappa shape index (κ2) is 6.02. The van der Waals surface area contributed by atoms with Crippen molar-refractivity contribution < 1.29 is 0 Å². The molecule has 0 saturated carbocycles. The lowest BCUT2D eigenvalue weighted by Crippen LogP contribution is -2.27. The van der Waals surface area contributed by atoms with Gasteiger partial charge in [0.25, 0.3) is 0 Å². The second-order valence-electron chi connectivity index (χ2n) is 6.49. The second-order valence-corrected chi connectivity index (χ2v) is 6.49. The standard InChI is InChI=1S/C18H25N3/c1-14(2)21-13-17-9-10-20(11-15(3)18(17)19-21)12-16-7-5-4-6-8-16/h4-8,13-15H,9-12H2,1-3H3. The van der Waals surface area contributed by atoms with Gasteiger partial charge in [0.15, 0.2) is 0 Å². The summed E-state index contributed by atoms with van der Waals surface area (Å²) in [5.41, 5.74) is 4.14. The molecule has 0 N–H and O–H groups in total. The number of fused-ring (bicyclic) bond motifs is 1. The lowest BCUT2D eigenvalue weighted by atomic mass is 10.0. The fraction of sp³-hybridized carbons (Fsp3) is 0.500. The summed E-state index contributed by atoms with van der Waals surface area (Å²) in [6.07, 6.45) is 3.36.